The Bertz CT molecular complexity index is 1100. The number of halogens is 3. The Morgan fingerprint density at radius 1 is 1.15 bits per heavy atom. The van der Waals surface area contributed by atoms with E-state index in [1.54, 1.807) is 0 Å². The van der Waals surface area contributed by atoms with Gasteiger partial charge in [-0.15, -0.1) is 0 Å². The highest BCUT2D eigenvalue weighted by molar-refractivity contribution is 6.38. The van der Waals surface area contributed by atoms with Gasteiger partial charge in [0.05, 0.1) is 10.7 Å². The molecule has 0 amide bonds. The molecule has 4 N–H and O–H groups in total. The van der Waals surface area contributed by atoms with E-state index in [0.717, 1.165) is 11.6 Å². The minimum Gasteiger partial charge on any atom is -0.479 e. The molecule has 1 aromatic heterocycles. The quantitative estimate of drug-likeness (QED) is 0.406. The number of hydrazone groups is 1. The molecule has 14 heteroatoms. The van der Waals surface area contributed by atoms with Gasteiger partial charge in [-0.25, -0.2) is 14.6 Å². The van der Waals surface area contributed by atoms with Gasteiger partial charge < -0.3 is 20.8 Å². The molecule has 0 spiro atoms. The predicted molar refractivity (Wildman–Crippen MR) is 132 cm³/mol. The van der Waals surface area contributed by atoms with Crippen molar-refractivity contribution in [3.8, 4) is 0 Å². The molecule has 1 aliphatic rings. The molecule has 184 valence electrons. The lowest BCUT2D eigenvalue weighted by molar-refractivity contribution is -0.142. The number of nitrogens with one attached hydrogen (secondary N) is 2. The zero-order valence-corrected chi connectivity index (χ0v) is 21.1. The van der Waals surface area contributed by atoms with Gasteiger partial charge in [0.1, 0.15) is 5.71 Å². The minimum absolute atomic E-state index is 0.194. The van der Waals surface area contributed by atoms with Crippen molar-refractivity contribution >= 4 is 70.0 Å². The molecule has 0 aliphatic carbocycles. The summed E-state index contributed by atoms with van der Waals surface area (Å²) in [6.45, 7) is 8.11. The number of aromatic nitrogens is 3. The van der Waals surface area contributed by atoms with Crippen molar-refractivity contribution in [2.75, 3.05) is 22.2 Å². The highest BCUT2D eigenvalue weighted by atomic mass is 35.5. The first-order valence-electron chi connectivity index (χ1n) is 10.1. The van der Waals surface area contributed by atoms with E-state index in [4.69, 9.17) is 39.9 Å². The molecule has 11 nitrogen and oxygen atoms in total. The summed E-state index contributed by atoms with van der Waals surface area (Å²) in [6, 6.07) is 4.73. The molecule has 34 heavy (non-hydrogen) atoms. The average molecular weight is 533 g/mol. The van der Waals surface area contributed by atoms with Gasteiger partial charge in [0.25, 0.3) is 0 Å². The van der Waals surface area contributed by atoms with Crippen LogP contribution in [-0.4, -0.2) is 60.9 Å². The Morgan fingerprint density at radius 2 is 1.79 bits per heavy atom. The maximum Gasteiger partial charge on any atom is 0.352 e. The summed E-state index contributed by atoms with van der Waals surface area (Å²) in [5.41, 5.74) is -1.45. The number of carbonyl (C=O) groups is 2. The number of hydrogen-bond donors (Lipinski definition) is 4. The van der Waals surface area contributed by atoms with Gasteiger partial charge in [-0.05, 0) is 57.5 Å². The van der Waals surface area contributed by atoms with Crippen LogP contribution in [0.15, 0.2) is 23.3 Å². The topological polar surface area (TPSA) is 153 Å². The second-order valence-electron chi connectivity index (χ2n) is 7.60. The Kier molecular flexibility index (Phi) is 9.25. The number of carboxylic acids is 2. The number of nitrogens with zero attached hydrogens (tertiary/aromatic N) is 5. The molecular formula is C20H24Cl3N7O4. The lowest BCUT2D eigenvalue weighted by Crippen LogP contribution is -2.47. The van der Waals surface area contributed by atoms with E-state index >= 15 is 0 Å². The molecule has 2 aromatic rings. The number of benzene rings is 1. The van der Waals surface area contributed by atoms with Crippen molar-refractivity contribution in [1.29, 1.82) is 0 Å². The van der Waals surface area contributed by atoms with Crippen molar-refractivity contribution < 1.29 is 19.8 Å². The first kappa shape index (κ1) is 27.4. The summed E-state index contributed by atoms with van der Waals surface area (Å²) in [7, 11) is 0. The Hall–Kier alpha value is -2.89. The van der Waals surface area contributed by atoms with Gasteiger partial charge in [-0.2, -0.15) is 20.1 Å². The fraction of sp³-hybridized carbons (Fsp3) is 0.400. The van der Waals surface area contributed by atoms with Gasteiger partial charge in [0.15, 0.2) is 5.54 Å². The maximum absolute atomic E-state index is 11.5. The van der Waals surface area contributed by atoms with Crippen LogP contribution >= 0.6 is 34.8 Å². The first-order chi connectivity index (χ1) is 15.9. The minimum atomic E-state index is -1.51. The van der Waals surface area contributed by atoms with Crippen LogP contribution in [0.3, 0.4) is 0 Å². The molecule has 1 aromatic carbocycles. The summed E-state index contributed by atoms with van der Waals surface area (Å²) in [4.78, 5) is 34.5. The summed E-state index contributed by atoms with van der Waals surface area (Å²) in [5, 5.41) is 30.2. The van der Waals surface area contributed by atoms with E-state index in [9.17, 15) is 14.7 Å². The number of anilines is 3. The van der Waals surface area contributed by atoms with E-state index < -0.39 is 17.5 Å². The lowest BCUT2D eigenvalue weighted by Gasteiger charge is -2.30. The molecule has 0 fully saturated rings. The van der Waals surface area contributed by atoms with Gasteiger partial charge in [-0.1, -0.05) is 23.2 Å². The Balaban J connectivity index is 0.000000257. The van der Waals surface area contributed by atoms with Crippen LogP contribution in [-0.2, 0) is 9.59 Å². The number of rotatable bonds is 7. The van der Waals surface area contributed by atoms with Gasteiger partial charge in [-0.3, -0.25) is 0 Å². The third-order valence-electron chi connectivity index (χ3n) is 4.41. The van der Waals surface area contributed by atoms with Crippen LogP contribution < -0.4 is 15.6 Å². The highest BCUT2D eigenvalue weighted by Gasteiger charge is 2.48. The molecular weight excluding hydrogens is 509 g/mol. The van der Waals surface area contributed by atoms with Gasteiger partial charge in [0, 0.05) is 24.0 Å². The van der Waals surface area contributed by atoms with Crippen LogP contribution in [0.4, 0.5) is 17.6 Å². The van der Waals surface area contributed by atoms with Crippen molar-refractivity contribution in [3.05, 3.63) is 33.5 Å². The molecule has 1 atom stereocenters. The fourth-order valence-electron chi connectivity index (χ4n) is 2.83. The van der Waals surface area contributed by atoms with E-state index in [1.165, 1.54) is 25.1 Å². The second kappa shape index (κ2) is 11.5. The van der Waals surface area contributed by atoms with Crippen LogP contribution in [0, 0.1) is 0 Å². The first-order valence-corrected chi connectivity index (χ1v) is 11.2. The SMILES string of the molecule is CC1(C(=O)O)CC(C(=O)O)=NN1c1ccc(Cl)cc1Cl.CCNc1nc(Cl)nc(NC(C)C)n1. The molecule has 0 saturated carbocycles. The van der Waals surface area contributed by atoms with Crippen molar-refractivity contribution in [1.82, 2.24) is 15.0 Å². The van der Waals surface area contributed by atoms with Crippen LogP contribution in [0.2, 0.25) is 15.3 Å². The summed E-state index contributed by atoms with van der Waals surface area (Å²) in [5.74, 6) is -1.46. The third kappa shape index (κ3) is 6.81. The molecule has 0 saturated heterocycles. The predicted octanol–water partition coefficient (Wildman–Crippen LogP) is 4.26. The largest absolute Gasteiger partial charge is 0.479 e. The van der Waals surface area contributed by atoms with Gasteiger partial charge >= 0.3 is 11.9 Å². The lowest BCUT2D eigenvalue weighted by atomic mass is 9.95. The molecule has 0 radical (unpaired) electrons. The van der Waals surface area contributed by atoms with Crippen LogP contribution in [0.1, 0.15) is 34.1 Å². The van der Waals surface area contributed by atoms with Crippen LogP contribution in [0.5, 0.6) is 0 Å². The second-order valence-corrected chi connectivity index (χ2v) is 8.78. The standard InChI is InChI=1S/C12H10Cl2N2O4.C8H14ClN5/c1-12(11(19)20)5-8(10(17)18)15-16(12)9-3-2-6(13)4-7(9)14;1-4-10-7-12-6(9)13-8(14-7)11-5(2)3/h2-4H,5H2,1H3,(H,17,18)(H,19,20);5H,4H2,1-3H3,(H2,10,11,12,13,14). The summed E-state index contributed by atoms with van der Waals surface area (Å²) >= 11 is 17.5. The van der Waals surface area contributed by atoms with E-state index in [-0.39, 0.29) is 34.2 Å². The Labute approximate surface area is 211 Å². The zero-order chi connectivity index (χ0) is 25.6. The maximum atomic E-state index is 11.5. The highest BCUT2D eigenvalue weighted by Crippen LogP contribution is 2.38. The Morgan fingerprint density at radius 3 is 2.32 bits per heavy atom. The summed E-state index contributed by atoms with van der Waals surface area (Å²) in [6.07, 6.45) is -0.226. The van der Waals surface area contributed by atoms with Crippen molar-refractivity contribution in [2.45, 2.75) is 45.7 Å². The average Bonchev–Trinajstić information content (AvgIpc) is 3.07. The molecule has 1 aliphatic heterocycles. The van der Waals surface area contributed by atoms with Crippen molar-refractivity contribution in [3.63, 3.8) is 0 Å². The zero-order valence-electron chi connectivity index (χ0n) is 18.8. The van der Waals surface area contributed by atoms with E-state index in [0.29, 0.717) is 16.9 Å². The third-order valence-corrected chi connectivity index (χ3v) is 5.11. The van der Waals surface area contributed by atoms with Crippen LogP contribution in [0.25, 0.3) is 0 Å². The molecule has 3 rings (SSSR count). The molecule has 0 bridgehead atoms. The van der Waals surface area contributed by atoms with E-state index in [2.05, 4.69) is 30.7 Å². The van der Waals surface area contributed by atoms with Gasteiger partial charge in [0.2, 0.25) is 17.2 Å². The monoisotopic (exact) mass is 531 g/mol. The normalized spacial score (nSPS) is 17.1. The fourth-order valence-corrected chi connectivity index (χ4v) is 3.48. The molecule has 2 heterocycles. The van der Waals surface area contributed by atoms with E-state index in [1.807, 2.05) is 20.8 Å². The smallest absolute Gasteiger partial charge is 0.352 e. The van der Waals surface area contributed by atoms with Crippen molar-refractivity contribution in [2.24, 2.45) is 5.10 Å². The number of hydrogen-bond acceptors (Lipinski definition) is 9. The summed E-state index contributed by atoms with van der Waals surface area (Å²) < 4.78 is 0. The number of carboxylic acid groups (broad SMARTS) is 2. The molecule has 1 unspecified atom stereocenters. The number of aliphatic carboxylic acids is 2.